The van der Waals surface area contributed by atoms with Crippen LogP contribution in [0.5, 0.6) is 0 Å². The molecule has 3 aromatic rings. The van der Waals surface area contributed by atoms with Gasteiger partial charge in [0, 0.05) is 24.5 Å². The summed E-state index contributed by atoms with van der Waals surface area (Å²) < 4.78 is 4.88. The summed E-state index contributed by atoms with van der Waals surface area (Å²) in [4.78, 5) is 18.7. The molecule has 7 rings (SSSR count). The third-order valence-corrected chi connectivity index (χ3v) is 8.21. The summed E-state index contributed by atoms with van der Waals surface area (Å²) in [5, 5.41) is 7.96. The summed E-state index contributed by atoms with van der Waals surface area (Å²) in [6.45, 7) is 1.90. The second-order valence-corrected chi connectivity index (χ2v) is 9.47. The fraction of sp³-hybridized carbons (Fsp3) is 0.458. The molecule has 0 unspecified atom stereocenters. The number of carbonyl (C=O) groups is 1. The Hall–Kier alpha value is -2.73. The van der Waals surface area contributed by atoms with E-state index in [1.165, 1.54) is 16.7 Å². The highest BCUT2D eigenvalue weighted by Gasteiger charge is 2.65. The molecule has 0 saturated carbocycles. The zero-order chi connectivity index (χ0) is 19.9. The van der Waals surface area contributed by atoms with Crippen molar-refractivity contribution in [1.29, 1.82) is 0 Å². The van der Waals surface area contributed by atoms with Crippen LogP contribution >= 0.6 is 0 Å². The predicted octanol–water partition coefficient (Wildman–Crippen LogP) is 3.13. The molecule has 2 aromatic carbocycles. The van der Waals surface area contributed by atoms with Crippen molar-refractivity contribution in [2.24, 2.45) is 5.92 Å². The molecule has 1 spiro atoms. The van der Waals surface area contributed by atoms with E-state index < -0.39 is 0 Å². The summed E-state index contributed by atoms with van der Waals surface area (Å²) in [5.74, 6) is 0.793. The molecule has 1 aliphatic carbocycles. The number of rotatable bonds is 2. The minimum atomic E-state index is -0.295. The summed E-state index contributed by atoms with van der Waals surface area (Å²) in [5.41, 5.74) is 5.37. The molecule has 4 heterocycles. The normalized spacial score (nSPS) is 30.9. The Bertz CT molecular complexity index is 1150. The van der Waals surface area contributed by atoms with Crippen LogP contribution in [0.1, 0.15) is 42.0 Å². The van der Waals surface area contributed by atoms with Crippen LogP contribution in [0.2, 0.25) is 0 Å². The fourth-order valence-electron chi connectivity index (χ4n) is 6.92. The van der Waals surface area contributed by atoms with Crippen LogP contribution in [-0.4, -0.2) is 50.7 Å². The average Bonchev–Trinajstić information content (AvgIpc) is 3.55. The molecule has 3 fully saturated rings. The van der Waals surface area contributed by atoms with E-state index in [0.717, 1.165) is 56.2 Å². The first kappa shape index (κ1) is 17.0. The molecule has 3 atom stereocenters. The van der Waals surface area contributed by atoms with Gasteiger partial charge in [-0.3, -0.25) is 9.69 Å². The Balaban J connectivity index is 1.20. The molecule has 6 nitrogen and oxygen atoms in total. The maximum absolute atomic E-state index is 13.9. The molecule has 0 radical (unpaired) electrons. The van der Waals surface area contributed by atoms with Crippen molar-refractivity contribution < 1.29 is 9.42 Å². The van der Waals surface area contributed by atoms with Gasteiger partial charge in [-0.25, -0.2) is 4.63 Å². The van der Waals surface area contributed by atoms with Crippen molar-refractivity contribution in [2.45, 2.75) is 49.7 Å². The summed E-state index contributed by atoms with van der Waals surface area (Å²) in [7, 11) is 0. The molecule has 152 valence electrons. The maximum atomic E-state index is 13.9. The molecular formula is C24H24N4O2. The predicted molar refractivity (Wildman–Crippen MR) is 111 cm³/mol. The van der Waals surface area contributed by atoms with Crippen LogP contribution < -0.4 is 0 Å². The second-order valence-electron chi connectivity index (χ2n) is 9.47. The number of carbonyl (C=O) groups excluding carboxylic acids is 1. The molecule has 1 aromatic heterocycles. The lowest BCUT2D eigenvalue weighted by Gasteiger charge is -2.35. The van der Waals surface area contributed by atoms with Crippen molar-refractivity contribution in [1.82, 2.24) is 20.1 Å². The number of fused-ring (bicyclic) bond motifs is 2. The molecule has 1 amide bonds. The largest absolute Gasteiger partial charge is 0.337 e. The number of hydrogen-bond donors (Lipinski definition) is 0. The van der Waals surface area contributed by atoms with E-state index in [1.54, 1.807) is 0 Å². The Morgan fingerprint density at radius 3 is 2.67 bits per heavy atom. The highest BCUT2D eigenvalue weighted by atomic mass is 16.6. The van der Waals surface area contributed by atoms with Gasteiger partial charge in [-0.2, -0.15) is 0 Å². The topological polar surface area (TPSA) is 62.5 Å². The number of aromatic nitrogens is 2. The highest BCUT2D eigenvalue weighted by molar-refractivity contribution is 5.90. The van der Waals surface area contributed by atoms with E-state index >= 15 is 0 Å². The van der Waals surface area contributed by atoms with Crippen LogP contribution in [0.15, 0.2) is 47.1 Å². The fourth-order valence-corrected chi connectivity index (χ4v) is 6.92. The van der Waals surface area contributed by atoms with Gasteiger partial charge in [-0.05, 0) is 77.8 Å². The molecule has 4 aliphatic rings. The average molecular weight is 400 g/mol. The van der Waals surface area contributed by atoms with Crippen molar-refractivity contribution in [2.75, 3.05) is 13.1 Å². The lowest BCUT2D eigenvalue weighted by molar-refractivity contribution is -0.138. The lowest BCUT2D eigenvalue weighted by atomic mass is 9.85. The molecule has 0 N–H and O–H groups in total. The van der Waals surface area contributed by atoms with E-state index in [9.17, 15) is 4.79 Å². The smallest absolute Gasteiger partial charge is 0.243 e. The van der Waals surface area contributed by atoms with Gasteiger partial charge in [-0.1, -0.05) is 30.3 Å². The Morgan fingerprint density at radius 2 is 1.83 bits per heavy atom. The molecule has 3 aliphatic heterocycles. The van der Waals surface area contributed by atoms with Crippen LogP contribution in [-0.2, 0) is 17.6 Å². The van der Waals surface area contributed by atoms with Crippen LogP contribution in [0, 0.1) is 5.92 Å². The van der Waals surface area contributed by atoms with E-state index in [1.807, 2.05) is 6.07 Å². The zero-order valence-corrected chi connectivity index (χ0v) is 16.8. The third-order valence-electron chi connectivity index (χ3n) is 8.21. The van der Waals surface area contributed by atoms with Gasteiger partial charge in [0.05, 0.1) is 0 Å². The first-order chi connectivity index (χ1) is 14.7. The Kier molecular flexibility index (Phi) is 3.35. The van der Waals surface area contributed by atoms with Gasteiger partial charge < -0.3 is 4.90 Å². The van der Waals surface area contributed by atoms with E-state index in [4.69, 9.17) is 4.63 Å². The van der Waals surface area contributed by atoms with Gasteiger partial charge >= 0.3 is 0 Å². The van der Waals surface area contributed by atoms with Gasteiger partial charge in [0.1, 0.15) is 16.6 Å². The van der Waals surface area contributed by atoms with Crippen LogP contribution in [0.25, 0.3) is 11.0 Å². The molecule has 0 bridgehead atoms. The molecule has 6 heteroatoms. The Morgan fingerprint density at radius 1 is 1.03 bits per heavy atom. The minimum absolute atomic E-state index is 0.283. The first-order valence-corrected chi connectivity index (χ1v) is 11.1. The lowest BCUT2D eigenvalue weighted by Crippen LogP contribution is -2.51. The zero-order valence-electron chi connectivity index (χ0n) is 16.8. The number of nitrogens with zero attached hydrogens (tertiary/aromatic N) is 4. The quantitative estimate of drug-likeness (QED) is 0.661. The van der Waals surface area contributed by atoms with Crippen molar-refractivity contribution in [3.63, 3.8) is 0 Å². The first-order valence-electron chi connectivity index (χ1n) is 11.1. The minimum Gasteiger partial charge on any atom is -0.337 e. The van der Waals surface area contributed by atoms with Gasteiger partial charge in [0.15, 0.2) is 0 Å². The van der Waals surface area contributed by atoms with Crippen molar-refractivity contribution in [3.8, 4) is 0 Å². The molecular weight excluding hydrogens is 376 g/mol. The van der Waals surface area contributed by atoms with Gasteiger partial charge in [-0.15, -0.1) is 0 Å². The number of hydrogen-bond acceptors (Lipinski definition) is 5. The molecule has 30 heavy (non-hydrogen) atoms. The van der Waals surface area contributed by atoms with Crippen LogP contribution in [0.3, 0.4) is 0 Å². The molecule has 3 saturated heterocycles. The summed E-state index contributed by atoms with van der Waals surface area (Å²) in [6.07, 6.45) is 5.15. The van der Waals surface area contributed by atoms with Gasteiger partial charge in [0.25, 0.3) is 0 Å². The van der Waals surface area contributed by atoms with E-state index in [0.29, 0.717) is 17.9 Å². The van der Waals surface area contributed by atoms with E-state index in [-0.39, 0.29) is 11.6 Å². The van der Waals surface area contributed by atoms with Crippen molar-refractivity contribution in [3.05, 3.63) is 59.2 Å². The summed E-state index contributed by atoms with van der Waals surface area (Å²) in [6, 6.07) is 15.5. The highest BCUT2D eigenvalue weighted by Crippen LogP contribution is 2.56. The second kappa shape index (κ2) is 5.91. The van der Waals surface area contributed by atoms with E-state index in [2.05, 4.69) is 56.5 Å². The number of likely N-dealkylation sites (tertiary alicyclic amines) is 1. The van der Waals surface area contributed by atoms with Gasteiger partial charge in [0.2, 0.25) is 5.91 Å². The van der Waals surface area contributed by atoms with Crippen molar-refractivity contribution >= 4 is 16.9 Å². The SMILES string of the molecule is O=C1N(C2Cc3ccccc3C2)C[C@@H]2C[C@@H](c3ccc4nonc4c3)N3CCC[C@@]123. The number of amides is 1. The standard InChI is InChI=1S/C24H24N4O2/c29-23-24-8-3-9-28(24)22(17-6-7-20-21(12-17)26-30-25-20)13-18(24)14-27(23)19-10-15-4-1-2-5-16(15)11-19/h1-2,4-7,12,18-19,22H,3,8-11,13-14H2/t18-,22-,24-/m0/s1. The maximum Gasteiger partial charge on any atom is 0.243 e. The summed E-state index contributed by atoms with van der Waals surface area (Å²) >= 11 is 0. The Labute approximate surface area is 174 Å². The number of benzene rings is 2. The monoisotopic (exact) mass is 400 g/mol. The van der Waals surface area contributed by atoms with Crippen LogP contribution in [0.4, 0.5) is 0 Å². The third kappa shape index (κ3) is 2.10.